The van der Waals surface area contributed by atoms with Gasteiger partial charge < -0.3 is 9.64 Å². The van der Waals surface area contributed by atoms with Gasteiger partial charge in [0, 0.05) is 6.54 Å². The lowest BCUT2D eigenvalue weighted by atomic mass is 10.2. The fraction of sp³-hybridized carbons (Fsp3) is 0.364. The summed E-state index contributed by atoms with van der Waals surface area (Å²) in [5.41, 5.74) is 0.111. The minimum absolute atomic E-state index is 0.111. The molecule has 0 aromatic heterocycles. The molecule has 0 atom stereocenters. The van der Waals surface area contributed by atoms with E-state index in [1.807, 2.05) is 19.0 Å². The minimum Gasteiger partial charge on any atom is -0.461 e. The van der Waals surface area contributed by atoms with Crippen LogP contribution in [0.4, 0.5) is 0 Å². The zero-order valence-electron chi connectivity index (χ0n) is 9.47. The first-order valence-electron chi connectivity index (χ1n) is 4.89. The lowest BCUT2D eigenvalue weighted by Crippen LogP contribution is -2.20. The summed E-state index contributed by atoms with van der Waals surface area (Å²) in [5.74, 6) is -0.565. The molecule has 0 spiro atoms. The van der Waals surface area contributed by atoms with Crippen molar-refractivity contribution in [3.63, 3.8) is 0 Å². The molecule has 17 heavy (non-hydrogen) atoms. The molecule has 94 valence electrons. The second-order valence-corrected chi connectivity index (χ2v) is 4.85. The van der Waals surface area contributed by atoms with Crippen molar-refractivity contribution in [1.82, 2.24) is 4.90 Å². The predicted molar refractivity (Wildman–Crippen MR) is 70.3 cm³/mol. The van der Waals surface area contributed by atoms with Gasteiger partial charge >= 0.3 is 5.97 Å². The molecular weight excluding hydrogens is 284 g/mol. The molecule has 1 aromatic rings. The zero-order valence-corrected chi connectivity index (χ0v) is 11.7. The van der Waals surface area contributed by atoms with Gasteiger partial charge in [-0.3, -0.25) is 0 Å². The molecule has 0 amide bonds. The Morgan fingerprint density at radius 1 is 1.24 bits per heavy atom. The predicted octanol–water partition coefficient (Wildman–Crippen LogP) is 3.37. The summed E-state index contributed by atoms with van der Waals surface area (Å²) in [7, 11) is 3.76. The van der Waals surface area contributed by atoms with Crippen LogP contribution in [-0.4, -0.2) is 38.1 Å². The van der Waals surface area contributed by atoms with Gasteiger partial charge in [0.2, 0.25) is 0 Å². The fourth-order valence-corrected chi connectivity index (χ4v) is 1.79. The van der Waals surface area contributed by atoms with Crippen LogP contribution in [0.3, 0.4) is 0 Å². The topological polar surface area (TPSA) is 29.5 Å². The van der Waals surface area contributed by atoms with Crippen molar-refractivity contribution in [2.45, 2.75) is 0 Å². The molecule has 0 aliphatic heterocycles. The number of ether oxygens (including phenoxy) is 1. The van der Waals surface area contributed by atoms with Crippen molar-refractivity contribution >= 4 is 40.8 Å². The molecule has 1 rings (SSSR count). The number of rotatable bonds is 4. The normalized spacial score (nSPS) is 10.7. The van der Waals surface area contributed by atoms with Crippen LogP contribution in [-0.2, 0) is 4.74 Å². The molecule has 1 aromatic carbocycles. The van der Waals surface area contributed by atoms with Crippen molar-refractivity contribution in [3.8, 4) is 0 Å². The quantitative estimate of drug-likeness (QED) is 0.630. The third-order valence-corrected chi connectivity index (χ3v) is 3.14. The Morgan fingerprint density at radius 3 is 2.41 bits per heavy atom. The number of hydrogen-bond donors (Lipinski definition) is 0. The van der Waals surface area contributed by atoms with Gasteiger partial charge in [0.25, 0.3) is 0 Å². The van der Waals surface area contributed by atoms with Gasteiger partial charge in [-0.15, -0.1) is 0 Å². The van der Waals surface area contributed by atoms with E-state index in [2.05, 4.69) is 0 Å². The summed E-state index contributed by atoms with van der Waals surface area (Å²) in [6.07, 6.45) is 0. The zero-order chi connectivity index (χ0) is 13.0. The van der Waals surface area contributed by atoms with E-state index >= 15 is 0 Å². The number of esters is 1. The molecule has 0 unspecified atom stereocenters. The van der Waals surface area contributed by atoms with Crippen LogP contribution in [0.25, 0.3) is 0 Å². The molecule has 0 aliphatic carbocycles. The van der Waals surface area contributed by atoms with Crippen LogP contribution in [0.1, 0.15) is 10.4 Å². The molecule has 0 saturated carbocycles. The van der Waals surface area contributed by atoms with Crippen LogP contribution < -0.4 is 0 Å². The first kappa shape index (κ1) is 14.6. The smallest absolute Gasteiger partial charge is 0.341 e. The van der Waals surface area contributed by atoms with Gasteiger partial charge in [0.1, 0.15) is 6.61 Å². The Labute approximate surface area is 115 Å². The average Bonchev–Trinajstić information content (AvgIpc) is 2.23. The largest absolute Gasteiger partial charge is 0.461 e. The van der Waals surface area contributed by atoms with E-state index < -0.39 is 5.97 Å². The van der Waals surface area contributed by atoms with Crippen molar-refractivity contribution in [2.24, 2.45) is 0 Å². The SMILES string of the molecule is CN(C)CCOC(=O)c1c(Cl)ccc(Cl)c1Cl. The maximum absolute atomic E-state index is 11.8. The summed E-state index contributed by atoms with van der Waals surface area (Å²) >= 11 is 17.6. The lowest BCUT2D eigenvalue weighted by molar-refractivity contribution is 0.0482. The number of carbonyl (C=O) groups is 1. The van der Waals surface area contributed by atoms with Crippen LogP contribution in [0.2, 0.25) is 15.1 Å². The minimum atomic E-state index is -0.565. The van der Waals surface area contributed by atoms with Gasteiger partial charge in [-0.25, -0.2) is 4.79 Å². The van der Waals surface area contributed by atoms with Crippen molar-refractivity contribution in [2.75, 3.05) is 27.2 Å². The fourth-order valence-electron chi connectivity index (χ4n) is 1.11. The van der Waals surface area contributed by atoms with Gasteiger partial charge in [-0.2, -0.15) is 0 Å². The van der Waals surface area contributed by atoms with Gasteiger partial charge in [-0.1, -0.05) is 34.8 Å². The molecule has 0 N–H and O–H groups in total. The van der Waals surface area contributed by atoms with Crippen LogP contribution in [0.15, 0.2) is 12.1 Å². The van der Waals surface area contributed by atoms with E-state index in [4.69, 9.17) is 39.5 Å². The van der Waals surface area contributed by atoms with E-state index in [0.29, 0.717) is 6.54 Å². The molecule has 6 heteroatoms. The lowest BCUT2D eigenvalue weighted by Gasteiger charge is -2.11. The first-order chi connectivity index (χ1) is 7.93. The summed E-state index contributed by atoms with van der Waals surface area (Å²) in [4.78, 5) is 13.6. The van der Waals surface area contributed by atoms with Crippen molar-refractivity contribution in [1.29, 1.82) is 0 Å². The third kappa shape index (κ3) is 4.03. The van der Waals surface area contributed by atoms with E-state index in [1.165, 1.54) is 12.1 Å². The maximum atomic E-state index is 11.8. The summed E-state index contributed by atoms with van der Waals surface area (Å²) < 4.78 is 5.05. The Kier molecular flexibility index (Phi) is 5.53. The Morgan fingerprint density at radius 2 is 1.82 bits per heavy atom. The second-order valence-electron chi connectivity index (χ2n) is 3.66. The number of hydrogen-bond acceptors (Lipinski definition) is 3. The average molecular weight is 297 g/mol. The number of halogens is 3. The highest BCUT2D eigenvalue weighted by Gasteiger charge is 2.18. The molecule has 0 fully saturated rings. The first-order valence-corrected chi connectivity index (χ1v) is 6.02. The Hall–Kier alpha value is -0.480. The molecule has 0 saturated heterocycles. The molecule has 0 bridgehead atoms. The highest BCUT2D eigenvalue weighted by molar-refractivity contribution is 6.46. The third-order valence-electron chi connectivity index (χ3n) is 2.02. The Bertz CT molecular complexity index is 421. The highest BCUT2D eigenvalue weighted by Crippen LogP contribution is 2.31. The highest BCUT2D eigenvalue weighted by atomic mass is 35.5. The van der Waals surface area contributed by atoms with E-state index in [1.54, 1.807) is 0 Å². The van der Waals surface area contributed by atoms with Gasteiger partial charge in [-0.05, 0) is 26.2 Å². The number of benzene rings is 1. The number of carbonyl (C=O) groups excluding carboxylic acids is 1. The maximum Gasteiger partial charge on any atom is 0.341 e. The molecule has 3 nitrogen and oxygen atoms in total. The Balaban J connectivity index is 2.79. The van der Waals surface area contributed by atoms with Crippen molar-refractivity contribution < 1.29 is 9.53 Å². The van der Waals surface area contributed by atoms with Crippen LogP contribution >= 0.6 is 34.8 Å². The standard InChI is InChI=1S/C11H12Cl3NO2/c1-15(2)5-6-17-11(16)9-7(12)3-4-8(13)10(9)14/h3-4H,5-6H2,1-2H3. The van der Waals surface area contributed by atoms with Gasteiger partial charge in [0.05, 0.1) is 20.6 Å². The number of nitrogens with zero attached hydrogens (tertiary/aromatic N) is 1. The van der Waals surface area contributed by atoms with E-state index in [9.17, 15) is 4.79 Å². The summed E-state index contributed by atoms with van der Waals surface area (Å²) in [6.45, 7) is 0.895. The van der Waals surface area contributed by atoms with Gasteiger partial charge in [0.15, 0.2) is 0 Å². The van der Waals surface area contributed by atoms with Crippen LogP contribution in [0.5, 0.6) is 0 Å². The van der Waals surface area contributed by atoms with E-state index in [0.717, 1.165) is 0 Å². The van der Waals surface area contributed by atoms with E-state index in [-0.39, 0.29) is 27.2 Å². The monoisotopic (exact) mass is 295 g/mol. The second kappa shape index (κ2) is 6.45. The summed E-state index contributed by atoms with van der Waals surface area (Å²) in [6, 6.07) is 3.04. The molecule has 0 heterocycles. The molecule has 0 aliphatic rings. The van der Waals surface area contributed by atoms with Crippen molar-refractivity contribution in [3.05, 3.63) is 32.8 Å². The summed E-state index contributed by atoms with van der Waals surface area (Å²) in [5, 5.41) is 0.624. The molecule has 0 radical (unpaired) electrons. The number of likely N-dealkylation sites (N-methyl/N-ethyl adjacent to an activating group) is 1. The molecular formula is C11H12Cl3NO2. The van der Waals surface area contributed by atoms with Crippen LogP contribution in [0, 0.1) is 0 Å².